The van der Waals surface area contributed by atoms with Gasteiger partial charge >= 0.3 is 0 Å². The van der Waals surface area contributed by atoms with Crippen LogP contribution in [0.3, 0.4) is 0 Å². The zero-order valence-corrected chi connectivity index (χ0v) is 16.9. The minimum absolute atomic E-state index is 0.0428. The van der Waals surface area contributed by atoms with E-state index in [1.165, 1.54) is 12.1 Å². The summed E-state index contributed by atoms with van der Waals surface area (Å²) < 4.78 is 40.7. The van der Waals surface area contributed by atoms with Gasteiger partial charge in [-0.3, -0.25) is 4.79 Å². The summed E-state index contributed by atoms with van der Waals surface area (Å²) in [5.41, 5.74) is 2.39. The molecule has 150 valence electrons. The number of sulfonamides is 1. The van der Waals surface area contributed by atoms with Crippen molar-refractivity contribution >= 4 is 15.9 Å². The molecule has 3 rings (SSSR count). The van der Waals surface area contributed by atoms with Crippen molar-refractivity contribution in [3.8, 4) is 0 Å². The van der Waals surface area contributed by atoms with Crippen LogP contribution < -0.4 is 4.72 Å². The molecule has 1 aliphatic carbocycles. The Morgan fingerprint density at radius 3 is 2.46 bits per heavy atom. The van der Waals surface area contributed by atoms with Gasteiger partial charge in [-0.2, -0.15) is 0 Å². The molecule has 2 aromatic carbocycles. The smallest absolute Gasteiger partial charge is 0.240 e. The number of benzene rings is 2. The lowest BCUT2D eigenvalue weighted by molar-refractivity contribution is -0.132. The molecule has 0 saturated heterocycles. The molecule has 0 unspecified atom stereocenters. The maximum absolute atomic E-state index is 13.1. The molecule has 28 heavy (non-hydrogen) atoms. The van der Waals surface area contributed by atoms with E-state index in [0.717, 1.165) is 24.0 Å². The second-order valence-electron chi connectivity index (χ2n) is 7.30. The van der Waals surface area contributed by atoms with E-state index in [2.05, 4.69) is 4.72 Å². The Labute approximate surface area is 165 Å². The number of rotatable bonds is 8. The minimum Gasteiger partial charge on any atom is -0.335 e. The maximum Gasteiger partial charge on any atom is 0.240 e. The lowest BCUT2D eigenvalue weighted by Gasteiger charge is -2.23. The van der Waals surface area contributed by atoms with Gasteiger partial charge in [-0.05, 0) is 61.6 Å². The van der Waals surface area contributed by atoms with E-state index in [1.807, 2.05) is 13.0 Å². The van der Waals surface area contributed by atoms with E-state index >= 15 is 0 Å². The number of amides is 1. The molecule has 0 bridgehead atoms. The number of hydrogen-bond donors (Lipinski definition) is 1. The third kappa shape index (κ3) is 5.17. The Balaban J connectivity index is 1.60. The number of nitrogens with one attached hydrogen (secondary N) is 1. The lowest BCUT2D eigenvalue weighted by Crippen LogP contribution is -2.35. The first-order valence-corrected chi connectivity index (χ1v) is 10.9. The van der Waals surface area contributed by atoms with E-state index < -0.39 is 10.0 Å². The van der Waals surface area contributed by atoms with Crippen LogP contribution >= 0.6 is 0 Å². The quantitative estimate of drug-likeness (QED) is 0.734. The Kier molecular flexibility index (Phi) is 6.15. The molecule has 1 N–H and O–H groups in total. The van der Waals surface area contributed by atoms with Crippen LogP contribution in [0.5, 0.6) is 0 Å². The van der Waals surface area contributed by atoms with Crippen molar-refractivity contribution in [2.24, 2.45) is 0 Å². The fourth-order valence-electron chi connectivity index (χ4n) is 3.10. The highest BCUT2D eigenvalue weighted by Gasteiger charge is 2.32. The molecule has 5 nitrogen and oxygen atoms in total. The second kappa shape index (κ2) is 8.41. The number of carbonyl (C=O) groups excluding carboxylic acids is 1. The SMILES string of the molecule is Cc1ccc(C)c(S(=O)(=O)NCCC(=O)N(Cc2ccc(F)cc2)C2CC2)c1. The summed E-state index contributed by atoms with van der Waals surface area (Å²) >= 11 is 0. The average molecular weight is 405 g/mol. The number of halogens is 1. The Morgan fingerprint density at radius 2 is 1.82 bits per heavy atom. The molecular weight excluding hydrogens is 379 g/mol. The number of carbonyl (C=O) groups is 1. The highest BCUT2D eigenvalue weighted by molar-refractivity contribution is 7.89. The number of hydrogen-bond acceptors (Lipinski definition) is 3. The van der Waals surface area contributed by atoms with Crippen molar-refractivity contribution in [3.05, 3.63) is 65.0 Å². The van der Waals surface area contributed by atoms with Gasteiger partial charge in [-0.1, -0.05) is 24.3 Å². The van der Waals surface area contributed by atoms with Crippen LogP contribution in [0, 0.1) is 19.7 Å². The number of aryl methyl sites for hydroxylation is 2. The lowest BCUT2D eigenvalue weighted by atomic mass is 10.2. The van der Waals surface area contributed by atoms with Gasteiger partial charge in [-0.25, -0.2) is 17.5 Å². The molecule has 0 heterocycles. The van der Waals surface area contributed by atoms with Crippen LogP contribution in [0.4, 0.5) is 4.39 Å². The van der Waals surface area contributed by atoms with Gasteiger partial charge in [0.1, 0.15) is 5.82 Å². The van der Waals surface area contributed by atoms with Gasteiger partial charge in [-0.15, -0.1) is 0 Å². The summed E-state index contributed by atoms with van der Waals surface area (Å²) in [7, 11) is -3.67. The summed E-state index contributed by atoms with van der Waals surface area (Å²) in [6.07, 6.45) is 1.98. The van der Waals surface area contributed by atoms with E-state index in [9.17, 15) is 17.6 Å². The van der Waals surface area contributed by atoms with Gasteiger partial charge < -0.3 is 4.90 Å². The summed E-state index contributed by atoms with van der Waals surface area (Å²) in [6.45, 7) is 4.04. The molecule has 1 fully saturated rings. The predicted molar refractivity (Wildman–Crippen MR) is 106 cm³/mol. The van der Waals surface area contributed by atoms with Gasteiger partial charge in [0, 0.05) is 25.6 Å². The van der Waals surface area contributed by atoms with Crippen molar-refractivity contribution in [3.63, 3.8) is 0 Å². The molecule has 1 amide bonds. The van der Waals surface area contributed by atoms with Crippen LogP contribution in [0.1, 0.15) is 36.0 Å². The minimum atomic E-state index is -3.67. The molecule has 1 aliphatic rings. The van der Waals surface area contributed by atoms with Gasteiger partial charge in [0.2, 0.25) is 15.9 Å². The molecule has 1 saturated carbocycles. The molecule has 0 spiro atoms. The zero-order chi connectivity index (χ0) is 20.3. The largest absolute Gasteiger partial charge is 0.335 e. The molecule has 7 heteroatoms. The Hall–Kier alpha value is -2.25. The van der Waals surface area contributed by atoms with Crippen molar-refractivity contribution in [2.45, 2.75) is 50.6 Å². The van der Waals surface area contributed by atoms with E-state index in [1.54, 1.807) is 36.1 Å². The fraction of sp³-hybridized carbons (Fsp3) is 0.381. The highest BCUT2D eigenvalue weighted by atomic mass is 32.2. The molecule has 0 aromatic heterocycles. The Morgan fingerprint density at radius 1 is 1.14 bits per heavy atom. The molecule has 0 atom stereocenters. The van der Waals surface area contributed by atoms with Gasteiger partial charge in [0.25, 0.3) is 0 Å². The molecule has 2 aromatic rings. The monoisotopic (exact) mass is 404 g/mol. The van der Waals surface area contributed by atoms with Crippen LogP contribution in [0.2, 0.25) is 0 Å². The first kappa shape index (κ1) is 20.5. The van der Waals surface area contributed by atoms with Gasteiger partial charge in [0.15, 0.2) is 0 Å². The summed E-state index contributed by atoms with van der Waals surface area (Å²) in [4.78, 5) is 14.7. The van der Waals surface area contributed by atoms with Crippen molar-refractivity contribution in [1.29, 1.82) is 0 Å². The second-order valence-corrected chi connectivity index (χ2v) is 9.03. The van der Waals surface area contributed by atoms with E-state index in [4.69, 9.17) is 0 Å². The summed E-state index contributed by atoms with van der Waals surface area (Å²) in [5, 5.41) is 0. The summed E-state index contributed by atoms with van der Waals surface area (Å²) in [5.74, 6) is -0.413. The third-order valence-corrected chi connectivity index (χ3v) is 6.44. The fourth-order valence-corrected chi connectivity index (χ4v) is 4.46. The standard InChI is InChI=1S/C21H25FN2O3S/c1-15-3-4-16(2)20(13-15)28(26,27)23-12-11-21(25)24(19-9-10-19)14-17-5-7-18(22)8-6-17/h3-8,13,19,23H,9-12,14H2,1-2H3. The molecular formula is C21H25FN2O3S. The van der Waals surface area contributed by atoms with E-state index in [-0.39, 0.29) is 35.6 Å². The topological polar surface area (TPSA) is 66.5 Å². The van der Waals surface area contributed by atoms with Gasteiger partial charge in [0.05, 0.1) is 4.90 Å². The van der Waals surface area contributed by atoms with Crippen LogP contribution in [-0.2, 0) is 21.4 Å². The highest BCUT2D eigenvalue weighted by Crippen LogP contribution is 2.29. The third-order valence-electron chi connectivity index (χ3n) is 4.84. The van der Waals surface area contributed by atoms with Crippen molar-refractivity contribution < 1.29 is 17.6 Å². The normalized spacial score (nSPS) is 14.1. The first-order valence-electron chi connectivity index (χ1n) is 9.37. The number of nitrogens with zero attached hydrogens (tertiary/aromatic N) is 1. The van der Waals surface area contributed by atoms with Crippen molar-refractivity contribution in [1.82, 2.24) is 9.62 Å². The maximum atomic E-state index is 13.1. The molecule has 0 aliphatic heterocycles. The van der Waals surface area contributed by atoms with Crippen LogP contribution in [-0.4, -0.2) is 31.8 Å². The predicted octanol–water partition coefficient (Wildman–Crippen LogP) is 3.30. The average Bonchev–Trinajstić information content (AvgIpc) is 3.48. The summed E-state index contributed by atoms with van der Waals surface area (Å²) in [6, 6.07) is 11.5. The molecule has 0 radical (unpaired) electrons. The van der Waals surface area contributed by atoms with Crippen LogP contribution in [0.15, 0.2) is 47.4 Å². The van der Waals surface area contributed by atoms with E-state index in [0.29, 0.717) is 12.1 Å². The Bertz CT molecular complexity index is 954. The van der Waals surface area contributed by atoms with Crippen molar-refractivity contribution in [2.75, 3.05) is 6.54 Å². The zero-order valence-electron chi connectivity index (χ0n) is 16.1. The first-order chi connectivity index (χ1) is 13.3. The van der Waals surface area contributed by atoms with Crippen LogP contribution in [0.25, 0.3) is 0 Å².